The van der Waals surface area contributed by atoms with Gasteiger partial charge < -0.3 is 5.32 Å². The number of halogens is 2. The summed E-state index contributed by atoms with van der Waals surface area (Å²) in [6.07, 6.45) is 1.85. The number of aromatic nitrogens is 2. The minimum Gasteiger partial charge on any atom is -0.317 e. The predicted octanol–water partition coefficient (Wildman–Crippen LogP) is 3.54. The molecule has 0 aliphatic carbocycles. The standard InChI is InChI=1S/C13H15ClFN3S/c1-2-16-8-4-7-11-17-18-13(19-11)9-5-3-6-10(14)12(9)15/h3,5-6,16H,2,4,7-8H2,1H3. The fourth-order valence-electron chi connectivity index (χ4n) is 1.67. The molecule has 3 nitrogen and oxygen atoms in total. The first kappa shape index (κ1) is 14.4. The van der Waals surface area contributed by atoms with Gasteiger partial charge in [0.15, 0.2) is 10.8 Å². The summed E-state index contributed by atoms with van der Waals surface area (Å²) in [5, 5.41) is 13.0. The average Bonchev–Trinajstić information content (AvgIpc) is 2.87. The van der Waals surface area contributed by atoms with Crippen LogP contribution in [-0.2, 0) is 6.42 Å². The highest BCUT2D eigenvalue weighted by molar-refractivity contribution is 7.14. The lowest BCUT2D eigenvalue weighted by Crippen LogP contribution is -2.14. The van der Waals surface area contributed by atoms with Crippen LogP contribution in [0.2, 0.25) is 5.02 Å². The van der Waals surface area contributed by atoms with E-state index >= 15 is 0 Å². The topological polar surface area (TPSA) is 37.8 Å². The summed E-state index contributed by atoms with van der Waals surface area (Å²) in [5.74, 6) is -0.431. The Morgan fingerprint density at radius 3 is 3.00 bits per heavy atom. The van der Waals surface area contributed by atoms with Crippen molar-refractivity contribution in [1.29, 1.82) is 0 Å². The van der Waals surface area contributed by atoms with Gasteiger partial charge in [0.05, 0.1) is 5.02 Å². The highest BCUT2D eigenvalue weighted by Crippen LogP contribution is 2.29. The normalized spacial score (nSPS) is 10.9. The first-order valence-electron chi connectivity index (χ1n) is 6.20. The summed E-state index contributed by atoms with van der Waals surface area (Å²) in [6.45, 7) is 4.00. The monoisotopic (exact) mass is 299 g/mol. The molecule has 2 aromatic rings. The van der Waals surface area contributed by atoms with E-state index in [9.17, 15) is 4.39 Å². The number of nitrogens with zero attached hydrogens (tertiary/aromatic N) is 2. The molecule has 0 aliphatic heterocycles. The van der Waals surface area contributed by atoms with Gasteiger partial charge in [0, 0.05) is 12.0 Å². The lowest BCUT2D eigenvalue weighted by atomic mass is 10.2. The summed E-state index contributed by atoms with van der Waals surface area (Å²) in [6, 6.07) is 4.91. The van der Waals surface area contributed by atoms with Gasteiger partial charge in [-0.3, -0.25) is 0 Å². The Kier molecular flexibility index (Phi) is 5.24. The highest BCUT2D eigenvalue weighted by Gasteiger charge is 2.13. The molecule has 1 aromatic carbocycles. The zero-order valence-corrected chi connectivity index (χ0v) is 12.2. The van der Waals surface area contributed by atoms with E-state index in [-0.39, 0.29) is 5.02 Å². The molecule has 1 heterocycles. The molecule has 0 radical (unpaired) electrons. The smallest absolute Gasteiger partial charge is 0.152 e. The largest absolute Gasteiger partial charge is 0.317 e. The second-order valence-corrected chi connectivity index (χ2v) is 5.53. The maximum Gasteiger partial charge on any atom is 0.152 e. The Morgan fingerprint density at radius 2 is 2.21 bits per heavy atom. The van der Waals surface area contributed by atoms with E-state index in [2.05, 4.69) is 22.4 Å². The second-order valence-electron chi connectivity index (χ2n) is 4.06. The Morgan fingerprint density at radius 1 is 1.37 bits per heavy atom. The van der Waals surface area contributed by atoms with Gasteiger partial charge in [-0.2, -0.15) is 0 Å². The van der Waals surface area contributed by atoms with Gasteiger partial charge in [-0.05, 0) is 31.6 Å². The maximum atomic E-state index is 13.8. The molecule has 0 bridgehead atoms. The van der Waals surface area contributed by atoms with E-state index in [0.717, 1.165) is 30.9 Å². The first-order chi connectivity index (χ1) is 9.22. The molecule has 0 amide bonds. The molecular weight excluding hydrogens is 285 g/mol. The molecule has 19 heavy (non-hydrogen) atoms. The second kappa shape index (κ2) is 6.93. The average molecular weight is 300 g/mol. The Hall–Kier alpha value is -1.04. The molecule has 0 saturated heterocycles. The molecule has 6 heteroatoms. The lowest BCUT2D eigenvalue weighted by Gasteiger charge is -1.99. The third-order valence-corrected chi connectivity index (χ3v) is 3.95. The van der Waals surface area contributed by atoms with Crippen LogP contribution in [0.4, 0.5) is 4.39 Å². The maximum absolute atomic E-state index is 13.8. The van der Waals surface area contributed by atoms with Crippen molar-refractivity contribution in [3.8, 4) is 10.6 Å². The molecule has 0 aliphatic rings. The van der Waals surface area contributed by atoms with E-state index in [1.54, 1.807) is 12.1 Å². The molecule has 0 saturated carbocycles. The van der Waals surface area contributed by atoms with E-state index in [0.29, 0.717) is 10.6 Å². The third kappa shape index (κ3) is 3.72. The van der Waals surface area contributed by atoms with Gasteiger partial charge in [-0.25, -0.2) is 4.39 Å². The Balaban J connectivity index is 2.06. The minimum atomic E-state index is -0.431. The summed E-state index contributed by atoms with van der Waals surface area (Å²) >= 11 is 7.18. The number of hydrogen-bond acceptors (Lipinski definition) is 4. The number of benzene rings is 1. The van der Waals surface area contributed by atoms with Crippen LogP contribution in [0.5, 0.6) is 0 Å². The third-order valence-electron chi connectivity index (χ3n) is 2.64. The summed E-state index contributed by atoms with van der Waals surface area (Å²) in [4.78, 5) is 0. The van der Waals surface area contributed by atoms with Crippen molar-refractivity contribution in [1.82, 2.24) is 15.5 Å². The van der Waals surface area contributed by atoms with Crippen LogP contribution in [0, 0.1) is 5.82 Å². The fraction of sp³-hybridized carbons (Fsp3) is 0.385. The van der Waals surface area contributed by atoms with Crippen LogP contribution in [0.25, 0.3) is 10.6 Å². The highest BCUT2D eigenvalue weighted by atomic mass is 35.5. The molecule has 102 valence electrons. The van der Waals surface area contributed by atoms with Crippen molar-refractivity contribution >= 4 is 22.9 Å². The van der Waals surface area contributed by atoms with Crippen LogP contribution in [-0.4, -0.2) is 23.3 Å². The van der Waals surface area contributed by atoms with Crippen molar-refractivity contribution in [3.63, 3.8) is 0 Å². The van der Waals surface area contributed by atoms with Crippen molar-refractivity contribution in [2.75, 3.05) is 13.1 Å². The fourth-order valence-corrected chi connectivity index (χ4v) is 2.75. The van der Waals surface area contributed by atoms with Gasteiger partial charge in [-0.1, -0.05) is 35.9 Å². The zero-order chi connectivity index (χ0) is 13.7. The Labute approximate surface area is 120 Å². The van der Waals surface area contributed by atoms with Crippen molar-refractivity contribution < 1.29 is 4.39 Å². The van der Waals surface area contributed by atoms with Crippen molar-refractivity contribution in [3.05, 3.63) is 34.0 Å². The number of hydrogen-bond donors (Lipinski definition) is 1. The van der Waals surface area contributed by atoms with Gasteiger partial charge in [-0.15, -0.1) is 10.2 Å². The summed E-state index contributed by atoms with van der Waals surface area (Å²) in [5.41, 5.74) is 0.419. The van der Waals surface area contributed by atoms with Crippen molar-refractivity contribution in [2.45, 2.75) is 19.8 Å². The van der Waals surface area contributed by atoms with Gasteiger partial charge in [0.1, 0.15) is 5.01 Å². The zero-order valence-electron chi connectivity index (χ0n) is 10.6. The number of rotatable bonds is 6. The van der Waals surface area contributed by atoms with E-state index in [1.165, 1.54) is 17.4 Å². The lowest BCUT2D eigenvalue weighted by molar-refractivity contribution is 0.631. The van der Waals surface area contributed by atoms with Crippen LogP contribution in [0.3, 0.4) is 0 Å². The number of aryl methyl sites for hydroxylation is 1. The van der Waals surface area contributed by atoms with Crippen LogP contribution >= 0.6 is 22.9 Å². The van der Waals surface area contributed by atoms with Gasteiger partial charge in [0.2, 0.25) is 0 Å². The van der Waals surface area contributed by atoms with Crippen LogP contribution in [0.1, 0.15) is 18.4 Å². The number of nitrogens with one attached hydrogen (secondary N) is 1. The van der Waals surface area contributed by atoms with E-state index in [4.69, 9.17) is 11.6 Å². The van der Waals surface area contributed by atoms with Crippen LogP contribution < -0.4 is 5.32 Å². The SMILES string of the molecule is CCNCCCc1nnc(-c2cccc(Cl)c2F)s1. The van der Waals surface area contributed by atoms with E-state index < -0.39 is 5.82 Å². The van der Waals surface area contributed by atoms with Crippen molar-refractivity contribution in [2.24, 2.45) is 0 Å². The molecule has 0 fully saturated rings. The predicted molar refractivity (Wildman–Crippen MR) is 77.2 cm³/mol. The first-order valence-corrected chi connectivity index (χ1v) is 7.39. The van der Waals surface area contributed by atoms with E-state index in [1.807, 2.05) is 0 Å². The molecule has 0 atom stereocenters. The van der Waals surface area contributed by atoms with Gasteiger partial charge in [0.25, 0.3) is 0 Å². The minimum absolute atomic E-state index is 0.112. The molecule has 1 aromatic heterocycles. The summed E-state index contributed by atoms with van der Waals surface area (Å²) < 4.78 is 13.8. The summed E-state index contributed by atoms with van der Waals surface area (Å²) in [7, 11) is 0. The molecule has 2 rings (SSSR count). The molecular formula is C13H15ClFN3S. The Bertz CT molecular complexity index is 544. The van der Waals surface area contributed by atoms with Gasteiger partial charge >= 0.3 is 0 Å². The molecule has 0 spiro atoms. The molecule has 0 unspecified atom stereocenters. The van der Waals surface area contributed by atoms with Crippen LogP contribution in [0.15, 0.2) is 18.2 Å². The quantitative estimate of drug-likeness (QED) is 0.829. The molecule has 1 N–H and O–H groups in total.